The molecule has 1 atom stereocenters. The first-order valence-electron chi connectivity index (χ1n) is 6.01. The zero-order valence-electron chi connectivity index (χ0n) is 9.38. The first-order chi connectivity index (χ1) is 6.64. The predicted molar refractivity (Wildman–Crippen MR) is 56.3 cm³/mol. The molecule has 3 rings (SSSR count). The smallest absolute Gasteiger partial charge is 0.0654 e. The van der Waals surface area contributed by atoms with Crippen LogP contribution in [0.25, 0.3) is 0 Å². The van der Waals surface area contributed by atoms with Crippen LogP contribution in [0.1, 0.15) is 39.5 Å². The summed E-state index contributed by atoms with van der Waals surface area (Å²) >= 11 is 0. The van der Waals surface area contributed by atoms with Gasteiger partial charge in [0.05, 0.1) is 12.7 Å². The quantitative estimate of drug-likeness (QED) is 0.683. The summed E-state index contributed by atoms with van der Waals surface area (Å²) in [4.78, 5) is 2.68. The van der Waals surface area contributed by atoms with Crippen molar-refractivity contribution in [3.63, 3.8) is 0 Å². The highest BCUT2D eigenvalue weighted by atomic mass is 16.5. The molecule has 2 heteroatoms. The van der Waals surface area contributed by atoms with Crippen LogP contribution in [0.2, 0.25) is 0 Å². The van der Waals surface area contributed by atoms with Crippen molar-refractivity contribution >= 4 is 0 Å². The van der Waals surface area contributed by atoms with Crippen LogP contribution in [-0.4, -0.2) is 36.2 Å². The Morgan fingerprint density at radius 1 is 1.29 bits per heavy atom. The zero-order chi connectivity index (χ0) is 9.81. The molecule has 0 radical (unpaired) electrons. The van der Waals surface area contributed by atoms with Crippen LogP contribution in [-0.2, 0) is 4.74 Å². The molecule has 3 fully saturated rings. The van der Waals surface area contributed by atoms with E-state index in [1.807, 2.05) is 0 Å². The highest BCUT2D eigenvalue weighted by molar-refractivity contribution is 5.16. The van der Waals surface area contributed by atoms with E-state index >= 15 is 0 Å². The molecule has 1 saturated carbocycles. The lowest BCUT2D eigenvalue weighted by atomic mass is 9.83. The van der Waals surface area contributed by atoms with Crippen molar-refractivity contribution < 1.29 is 4.74 Å². The number of hydrogen-bond acceptors (Lipinski definition) is 2. The van der Waals surface area contributed by atoms with Crippen molar-refractivity contribution in [3.05, 3.63) is 0 Å². The molecule has 1 aliphatic carbocycles. The predicted octanol–water partition coefficient (Wildman–Crippen LogP) is 2.04. The van der Waals surface area contributed by atoms with E-state index < -0.39 is 0 Å². The van der Waals surface area contributed by atoms with Gasteiger partial charge in [0.1, 0.15) is 0 Å². The molecule has 0 N–H and O–H groups in total. The highest BCUT2D eigenvalue weighted by Gasteiger charge is 2.62. The average molecular weight is 195 g/mol. The van der Waals surface area contributed by atoms with Crippen LogP contribution in [0.3, 0.4) is 0 Å². The standard InChI is InChI=1S/C12H21NO/c1-10(2)14-9-12-5-6-13(12)8-11(7-12)3-4-11/h10H,3-9H2,1-2H3/t12-/m1/s1. The van der Waals surface area contributed by atoms with Gasteiger partial charge in [0.2, 0.25) is 0 Å². The molecule has 2 saturated heterocycles. The van der Waals surface area contributed by atoms with E-state index in [0.29, 0.717) is 11.6 Å². The minimum Gasteiger partial charge on any atom is -0.377 e. The van der Waals surface area contributed by atoms with E-state index in [1.54, 1.807) is 0 Å². The number of nitrogens with zero attached hydrogens (tertiary/aromatic N) is 1. The van der Waals surface area contributed by atoms with Crippen molar-refractivity contribution in [1.82, 2.24) is 4.90 Å². The van der Waals surface area contributed by atoms with Crippen molar-refractivity contribution in [2.24, 2.45) is 5.41 Å². The Kier molecular flexibility index (Phi) is 1.79. The minimum absolute atomic E-state index is 0.391. The van der Waals surface area contributed by atoms with Crippen molar-refractivity contribution in [2.75, 3.05) is 19.7 Å². The Labute approximate surface area is 86.6 Å². The fraction of sp³-hybridized carbons (Fsp3) is 1.00. The number of rotatable bonds is 3. The first-order valence-corrected chi connectivity index (χ1v) is 6.01. The second-order valence-electron chi connectivity index (χ2n) is 5.93. The van der Waals surface area contributed by atoms with Crippen LogP contribution in [0, 0.1) is 5.41 Å². The van der Waals surface area contributed by atoms with Gasteiger partial charge in [-0.15, -0.1) is 0 Å². The first kappa shape index (κ1) is 9.17. The van der Waals surface area contributed by atoms with Gasteiger partial charge in [-0.05, 0) is 44.9 Å². The van der Waals surface area contributed by atoms with Crippen LogP contribution in [0.15, 0.2) is 0 Å². The SMILES string of the molecule is CC(C)OC[C@]12CCN1CC1(CC1)C2. The molecule has 0 aromatic rings. The molecule has 2 nitrogen and oxygen atoms in total. The van der Waals surface area contributed by atoms with E-state index in [9.17, 15) is 0 Å². The summed E-state index contributed by atoms with van der Waals surface area (Å²) in [6.07, 6.45) is 6.15. The van der Waals surface area contributed by atoms with Gasteiger partial charge in [0.25, 0.3) is 0 Å². The second kappa shape index (κ2) is 2.73. The largest absolute Gasteiger partial charge is 0.377 e. The Balaban J connectivity index is 1.65. The van der Waals surface area contributed by atoms with Crippen LogP contribution < -0.4 is 0 Å². The summed E-state index contributed by atoms with van der Waals surface area (Å²) in [6, 6.07) is 0. The second-order valence-corrected chi connectivity index (χ2v) is 5.93. The van der Waals surface area contributed by atoms with Crippen LogP contribution in [0.4, 0.5) is 0 Å². The van der Waals surface area contributed by atoms with Gasteiger partial charge < -0.3 is 4.74 Å². The molecular formula is C12H21NO. The van der Waals surface area contributed by atoms with Gasteiger partial charge in [-0.1, -0.05) is 0 Å². The van der Waals surface area contributed by atoms with Gasteiger partial charge in [0, 0.05) is 18.6 Å². The summed E-state index contributed by atoms with van der Waals surface area (Å²) in [5.41, 5.74) is 1.22. The Morgan fingerprint density at radius 2 is 2.07 bits per heavy atom. The summed E-state index contributed by atoms with van der Waals surface area (Å²) < 4.78 is 5.83. The van der Waals surface area contributed by atoms with Gasteiger partial charge in [0.15, 0.2) is 0 Å². The number of fused-ring (bicyclic) bond motifs is 1. The van der Waals surface area contributed by atoms with Crippen LogP contribution in [0.5, 0.6) is 0 Å². The van der Waals surface area contributed by atoms with E-state index in [0.717, 1.165) is 12.0 Å². The molecule has 2 aliphatic heterocycles. The summed E-state index contributed by atoms with van der Waals surface area (Å²) in [7, 11) is 0. The van der Waals surface area contributed by atoms with Gasteiger partial charge in [-0.3, -0.25) is 4.90 Å². The molecular weight excluding hydrogens is 174 g/mol. The Hall–Kier alpha value is -0.0800. The molecule has 0 aromatic carbocycles. The zero-order valence-corrected chi connectivity index (χ0v) is 9.38. The summed E-state index contributed by atoms with van der Waals surface area (Å²) in [5.74, 6) is 0. The fourth-order valence-corrected chi connectivity index (χ4v) is 3.24. The summed E-state index contributed by atoms with van der Waals surface area (Å²) in [6.45, 7) is 7.95. The molecule has 0 unspecified atom stereocenters. The lowest BCUT2D eigenvalue weighted by Crippen LogP contribution is -2.58. The third-order valence-electron chi connectivity index (χ3n) is 4.39. The molecule has 0 aromatic heterocycles. The van der Waals surface area contributed by atoms with E-state index in [-0.39, 0.29) is 0 Å². The molecule has 1 spiro atoms. The molecule has 14 heavy (non-hydrogen) atoms. The van der Waals surface area contributed by atoms with Crippen molar-refractivity contribution in [3.8, 4) is 0 Å². The number of ether oxygens (including phenoxy) is 1. The van der Waals surface area contributed by atoms with Gasteiger partial charge in [-0.2, -0.15) is 0 Å². The maximum absolute atomic E-state index is 5.83. The maximum Gasteiger partial charge on any atom is 0.0654 e. The topological polar surface area (TPSA) is 12.5 Å². The maximum atomic E-state index is 5.83. The monoisotopic (exact) mass is 195 g/mol. The lowest BCUT2D eigenvalue weighted by molar-refractivity contribution is -0.0648. The Morgan fingerprint density at radius 3 is 2.57 bits per heavy atom. The molecule has 2 heterocycles. The Bertz CT molecular complexity index is 247. The molecule has 0 bridgehead atoms. The normalized spacial score (nSPS) is 38.8. The van der Waals surface area contributed by atoms with E-state index in [2.05, 4.69) is 18.7 Å². The third-order valence-corrected chi connectivity index (χ3v) is 4.39. The molecule has 3 aliphatic rings. The van der Waals surface area contributed by atoms with E-state index in [1.165, 1.54) is 38.8 Å². The average Bonchev–Trinajstić information content (AvgIpc) is 2.83. The summed E-state index contributed by atoms with van der Waals surface area (Å²) in [5, 5.41) is 0. The lowest BCUT2D eigenvalue weighted by Gasteiger charge is -2.48. The highest BCUT2D eigenvalue weighted by Crippen LogP contribution is 2.61. The van der Waals surface area contributed by atoms with Crippen LogP contribution >= 0.6 is 0 Å². The fourth-order valence-electron chi connectivity index (χ4n) is 3.24. The van der Waals surface area contributed by atoms with Gasteiger partial charge >= 0.3 is 0 Å². The van der Waals surface area contributed by atoms with Crippen molar-refractivity contribution in [2.45, 2.75) is 51.2 Å². The van der Waals surface area contributed by atoms with Crippen molar-refractivity contribution in [1.29, 1.82) is 0 Å². The third kappa shape index (κ3) is 1.24. The van der Waals surface area contributed by atoms with Gasteiger partial charge in [-0.25, -0.2) is 0 Å². The number of hydrogen-bond donors (Lipinski definition) is 0. The van der Waals surface area contributed by atoms with E-state index in [4.69, 9.17) is 4.74 Å². The molecule has 0 amide bonds. The minimum atomic E-state index is 0.391. The molecule has 80 valence electrons.